The SMILES string of the molecule is C[Si](C(=S)c1ccccc1)(c1ccccc1)c1cccc2ccccc12. The predicted molar refractivity (Wildman–Crippen MR) is 119 cm³/mol. The molecule has 0 aromatic heterocycles. The van der Waals surface area contributed by atoms with E-state index in [0.717, 1.165) is 10.1 Å². The zero-order chi connectivity index (χ0) is 18.0. The second kappa shape index (κ2) is 6.98. The van der Waals surface area contributed by atoms with Crippen molar-refractivity contribution in [3.8, 4) is 0 Å². The van der Waals surface area contributed by atoms with E-state index in [-0.39, 0.29) is 0 Å². The molecule has 0 aliphatic rings. The molecule has 1 unspecified atom stereocenters. The molecule has 0 N–H and O–H groups in total. The summed E-state index contributed by atoms with van der Waals surface area (Å²) in [6, 6.07) is 36.5. The Morgan fingerprint density at radius 2 is 1.23 bits per heavy atom. The smallest absolute Gasteiger partial charge is 0.0885 e. The molecular weight excluding hydrogens is 348 g/mol. The van der Waals surface area contributed by atoms with Crippen molar-refractivity contribution in [3.63, 3.8) is 0 Å². The lowest BCUT2D eigenvalue weighted by molar-refractivity contribution is 1.67. The minimum Gasteiger partial charge on any atom is -0.0885 e. The normalized spacial score (nSPS) is 13.3. The fraction of sp³-hybridized carbons (Fsp3) is 0.0417. The van der Waals surface area contributed by atoms with Crippen molar-refractivity contribution < 1.29 is 0 Å². The number of thiocarbonyl (C=S) groups is 1. The molecule has 26 heavy (non-hydrogen) atoms. The van der Waals surface area contributed by atoms with E-state index in [4.69, 9.17) is 12.2 Å². The van der Waals surface area contributed by atoms with Crippen molar-refractivity contribution in [2.75, 3.05) is 0 Å². The molecule has 4 rings (SSSR count). The third-order valence-electron chi connectivity index (χ3n) is 5.17. The average Bonchev–Trinajstić information content (AvgIpc) is 2.73. The molecule has 0 amide bonds. The van der Waals surface area contributed by atoms with Crippen molar-refractivity contribution >= 4 is 45.9 Å². The van der Waals surface area contributed by atoms with Crippen LogP contribution in [0.4, 0.5) is 0 Å². The third kappa shape index (κ3) is 2.81. The van der Waals surface area contributed by atoms with Gasteiger partial charge >= 0.3 is 0 Å². The Labute approximate surface area is 161 Å². The van der Waals surface area contributed by atoms with Gasteiger partial charge in [-0.15, -0.1) is 0 Å². The number of hydrogen-bond acceptors (Lipinski definition) is 1. The van der Waals surface area contributed by atoms with Gasteiger partial charge in [0.25, 0.3) is 0 Å². The van der Waals surface area contributed by atoms with Crippen LogP contribution in [0.15, 0.2) is 103 Å². The van der Waals surface area contributed by atoms with Gasteiger partial charge in [-0.3, -0.25) is 0 Å². The molecule has 0 saturated carbocycles. The van der Waals surface area contributed by atoms with Crippen LogP contribution in [-0.2, 0) is 0 Å². The summed E-state index contributed by atoms with van der Waals surface area (Å²) in [5.41, 5.74) is 1.16. The Morgan fingerprint density at radius 1 is 0.654 bits per heavy atom. The molecule has 0 nitrogen and oxygen atoms in total. The minimum atomic E-state index is -2.28. The second-order valence-electron chi connectivity index (χ2n) is 6.71. The van der Waals surface area contributed by atoms with Crippen LogP contribution < -0.4 is 10.4 Å². The first-order valence-electron chi connectivity index (χ1n) is 8.85. The van der Waals surface area contributed by atoms with Crippen LogP contribution in [0.5, 0.6) is 0 Å². The molecule has 0 heterocycles. The largest absolute Gasteiger partial charge is 0.160 e. The summed E-state index contributed by atoms with van der Waals surface area (Å²) >= 11 is 6.14. The molecule has 4 aromatic rings. The second-order valence-corrected chi connectivity index (χ2v) is 11.3. The lowest BCUT2D eigenvalue weighted by Gasteiger charge is -2.31. The maximum absolute atomic E-state index is 6.14. The van der Waals surface area contributed by atoms with Gasteiger partial charge in [0.05, 0.1) is 0 Å². The summed E-state index contributed by atoms with van der Waals surface area (Å²) in [4.78, 5) is 0. The van der Waals surface area contributed by atoms with E-state index in [0.29, 0.717) is 0 Å². The first-order chi connectivity index (χ1) is 12.7. The van der Waals surface area contributed by atoms with Crippen molar-refractivity contribution in [2.24, 2.45) is 0 Å². The highest BCUT2D eigenvalue weighted by molar-refractivity contribution is 7.86. The first kappa shape index (κ1) is 16.9. The van der Waals surface area contributed by atoms with Gasteiger partial charge in [-0.25, -0.2) is 0 Å². The van der Waals surface area contributed by atoms with Gasteiger partial charge in [-0.1, -0.05) is 122 Å². The van der Waals surface area contributed by atoms with Gasteiger partial charge in [-0.05, 0) is 26.7 Å². The Hall–Kier alpha value is -2.55. The van der Waals surface area contributed by atoms with E-state index in [9.17, 15) is 0 Å². The van der Waals surface area contributed by atoms with Crippen LogP contribution in [0.25, 0.3) is 10.8 Å². The van der Waals surface area contributed by atoms with Crippen LogP contribution in [0.1, 0.15) is 5.56 Å². The molecule has 0 fully saturated rings. The van der Waals surface area contributed by atoms with Crippen LogP contribution in [-0.4, -0.2) is 12.6 Å². The number of hydrogen-bond donors (Lipinski definition) is 0. The summed E-state index contributed by atoms with van der Waals surface area (Å²) < 4.78 is 1.08. The molecule has 2 heteroatoms. The molecule has 0 aliphatic carbocycles. The van der Waals surface area contributed by atoms with E-state index in [1.54, 1.807) is 0 Å². The van der Waals surface area contributed by atoms with Crippen LogP contribution in [0.2, 0.25) is 6.55 Å². The number of fused-ring (bicyclic) bond motifs is 1. The highest BCUT2D eigenvalue weighted by atomic mass is 32.1. The lowest BCUT2D eigenvalue weighted by atomic mass is 10.1. The molecule has 126 valence electrons. The fourth-order valence-electron chi connectivity index (χ4n) is 3.72. The number of rotatable bonds is 4. The Balaban J connectivity index is 2.02. The van der Waals surface area contributed by atoms with E-state index in [1.807, 2.05) is 6.07 Å². The van der Waals surface area contributed by atoms with Gasteiger partial charge in [0, 0.05) is 4.49 Å². The van der Waals surface area contributed by atoms with Crippen molar-refractivity contribution in [2.45, 2.75) is 6.55 Å². The quantitative estimate of drug-likeness (QED) is 0.361. The third-order valence-corrected chi connectivity index (χ3v) is 10.8. The Morgan fingerprint density at radius 3 is 1.96 bits per heavy atom. The standard InChI is InChI=1S/C24H20SSi/c1-26(21-15-6-3-7-16-21,24(25)20-12-4-2-5-13-20)23-18-10-14-19-11-8-9-17-22(19)23/h2-18H,1H3. The molecule has 0 saturated heterocycles. The summed E-state index contributed by atoms with van der Waals surface area (Å²) in [5.74, 6) is 0. The number of benzene rings is 4. The summed E-state index contributed by atoms with van der Waals surface area (Å²) in [6.45, 7) is 2.39. The highest BCUT2D eigenvalue weighted by Crippen LogP contribution is 2.20. The molecular formula is C24H20SSi. The Kier molecular flexibility index (Phi) is 4.54. The predicted octanol–water partition coefficient (Wildman–Crippen LogP) is 4.99. The van der Waals surface area contributed by atoms with E-state index in [1.165, 1.54) is 21.1 Å². The maximum Gasteiger partial charge on any atom is 0.160 e. The topological polar surface area (TPSA) is 0 Å². The summed E-state index contributed by atoms with van der Waals surface area (Å²) in [6.07, 6.45) is 0. The van der Waals surface area contributed by atoms with Crippen LogP contribution >= 0.6 is 12.2 Å². The summed E-state index contributed by atoms with van der Waals surface area (Å²) in [5, 5.41) is 5.32. The van der Waals surface area contributed by atoms with Crippen molar-refractivity contribution in [1.29, 1.82) is 0 Å². The van der Waals surface area contributed by atoms with Crippen LogP contribution in [0.3, 0.4) is 0 Å². The van der Waals surface area contributed by atoms with Gasteiger partial charge in [0.1, 0.15) is 0 Å². The lowest BCUT2D eigenvalue weighted by Crippen LogP contribution is -2.62. The van der Waals surface area contributed by atoms with Gasteiger partial charge < -0.3 is 0 Å². The molecule has 0 bridgehead atoms. The van der Waals surface area contributed by atoms with E-state index >= 15 is 0 Å². The molecule has 1 atom stereocenters. The van der Waals surface area contributed by atoms with Crippen LogP contribution in [0, 0.1) is 0 Å². The molecule has 0 spiro atoms. The van der Waals surface area contributed by atoms with Crippen molar-refractivity contribution in [1.82, 2.24) is 0 Å². The minimum absolute atomic E-state index is 1.08. The Bertz CT molecular complexity index is 1050. The van der Waals surface area contributed by atoms with E-state index < -0.39 is 8.07 Å². The maximum atomic E-state index is 6.14. The fourth-order valence-corrected chi connectivity index (χ4v) is 8.16. The summed E-state index contributed by atoms with van der Waals surface area (Å²) in [7, 11) is -2.28. The zero-order valence-electron chi connectivity index (χ0n) is 14.7. The first-order valence-corrected chi connectivity index (χ1v) is 11.8. The van der Waals surface area contributed by atoms with Gasteiger partial charge in [0.15, 0.2) is 8.07 Å². The van der Waals surface area contributed by atoms with Gasteiger partial charge in [-0.2, -0.15) is 0 Å². The molecule has 4 aromatic carbocycles. The van der Waals surface area contributed by atoms with Crippen molar-refractivity contribution in [3.05, 3.63) is 109 Å². The highest BCUT2D eigenvalue weighted by Gasteiger charge is 2.38. The zero-order valence-corrected chi connectivity index (χ0v) is 16.5. The molecule has 0 radical (unpaired) electrons. The van der Waals surface area contributed by atoms with E-state index in [2.05, 4.69) is 104 Å². The van der Waals surface area contributed by atoms with Gasteiger partial charge in [0.2, 0.25) is 0 Å². The monoisotopic (exact) mass is 368 g/mol. The molecule has 0 aliphatic heterocycles. The average molecular weight is 369 g/mol.